The minimum atomic E-state index is -2.94. The van der Waals surface area contributed by atoms with E-state index in [1.165, 1.54) is 11.1 Å². The van der Waals surface area contributed by atoms with Crippen LogP contribution in [0.3, 0.4) is 0 Å². The maximum Gasteiger partial charge on any atom is 0.315 e. The van der Waals surface area contributed by atoms with E-state index in [2.05, 4.69) is 11.4 Å². The summed E-state index contributed by atoms with van der Waals surface area (Å²) < 4.78 is 24.5. The Morgan fingerprint density at radius 2 is 2.11 bits per heavy atom. The standard InChI is InChI=1S/C14H17F2NO/c1-9(17-14(18)13(15)16)11-8-4-6-10-5-2-3-7-12(10)11/h2-3,5,7,9,11,13H,4,6,8H2,1H3,(H,17,18)/t9-,11?/m0/s1. The van der Waals surface area contributed by atoms with Crippen LogP contribution >= 0.6 is 0 Å². The fraction of sp³-hybridized carbons (Fsp3) is 0.500. The summed E-state index contributed by atoms with van der Waals surface area (Å²) in [4.78, 5) is 11.0. The number of halogens is 2. The number of nitrogens with one attached hydrogen (secondary N) is 1. The van der Waals surface area contributed by atoms with E-state index in [1.807, 2.05) is 18.2 Å². The van der Waals surface area contributed by atoms with Gasteiger partial charge in [-0.05, 0) is 37.3 Å². The van der Waals surface area contributed by atoms with Crippen molar-refractivity contribution in [3.63, 3.8) is 0 Å². The van der Waals surface area contributed by atoms with Crippen molar-refractivity contribution in [3.8, 4) is 0 Å². The topological polar surface area (TPSA) is 29.1 Å². The first-order chi connectivity index (χ1) is 8.59. The Balaban J connectivity index is 2.12. The van der Waals surface area contributed by atoms with E-state index >= 15 is 0 Å². The molecule has 1 aliphatic rings. The number of rotatable bonds is 3. The first kappa shape index (κ1) is 13.0. The summed E-state index contributed by atoms with van der Waals surface area (Å²) >= 11 is 0. The average molecular weight is 253 g/mol. The third-order valence-electron chi connectivity index (χ3n) is 3.59. The second kappa shape index (κ2) is 5.46. The maximum absolute atomic E-state index is 12.2. The zero-order chi connectivity index (χ0) is 13.1. The summed E-state index contributed by atoms with van der Waals surface area (Å²) in [6.45, 7) is 1.80. The number of amides is 1. The normalized spacial score (nSPS) is 20.3. The summed E-state index contributed by atoms with van der Waals surface area (Å²) in [7, 11) is 0. The molecule has 4 heteroatoms. The molecule has 0 heterocycles. The molecule has 1 unspecified atom stereocenters. The van der Waals surface area contributed by atoms with Crippen molar-refractivity contribution in [1.29, 1.82) is 0 Å². The van der Waals surface area contributed by atoms with Crippen LogP contribution in [0.25, 0.3) is 0 Å². The van der Waals surface area contributed by atoms with Crippen LogP contribution in [0.2, 0.25) is 0 Å². The summed E-state index contributed by atoms with van der Waals surface area (Å²) in [5, 5.41) is 2.40. The molecular weight excluding hydrogens is 236 g/mol. The van der Waals surface area contributed by atoms with Gasteiger partial charge in [0.25, 0.3) is 5.91 Å². The van der Waals surface area contributed by atoms with Crippen LogP contribution in [0.5, 0.6) is 0 Å². The molecule has 1 aromatic rings. The molecule has 0 saturated heterocycles. The number of fused-ring (bicyclic) bond motifs is 1. The lowest BCUT2D eigenvalue weighted by molar-refractivity contribution is -0.132. The molecule has 0 aliphatic heterocycles. The first-order valence-corrected chi connectivity index (χ1v) is 6.26. The predicted octanol–water partition coefficient (Wildman–Crippen LogP) is 2.88. The Morgan fingerprint density at radius 1 is 1.39 bits per heavy atom. The summed E-state index contributed by atoms with van der Waals surface area (Å²) in [5.74, 6) is -1.04. The van der Waals surface area contributed by atoms with Crippen LogP contribution in [-0.2, 0) is 11.2 Å². The largest absolute Gasteiger partial charge is 0.348 e. The Morgan fingerprint density at radius 3 is 2.83 bits per heavy atom. The number of hydrogen-bond acceptors (Lipinski definition) is 1. The highest BCUT2D eigenvalue weighted by Gasteiger charge is 2.27. The van der Waals surface area contributed by atoms with Crippen molar-refractivity contribution in [2.24, 2.45) is 0 Å². The summed E-state index contributed by atoms with van der Waals surface area (Å²) in [6, 6.07) is 7.79. The van der Waals surface area contributed by atoms with Gasteiger partial charge in [0.05, 0.1) is 0 Å². The summed E-state index contributed by atoms with van der Waals surface area (Å²) in [6.07, 6.45) is 0.0618. The summed E-state index contributed by atoms with van der Waals surface area (Å²) in [5.41, 5.74) is 2.46. The fourth-order valence-corrected chi connectivity index (χ4v) is 2.70. The van der Waals surface area contributed by atoms with E-state index in [0.29, 0.717) is 0 Å². The lowest BCUT2D eigenvalue weighted by Gasteiger charge is -2.30. The molecule has 2 rings (SSSR count). The SMILES string of the molecule is C[C@H](NC(=O)C(F)F)C1CCCc2ccccc21. The molecule has 2 atom stereocenters. The molecule has 98 valence electrons. The molecular formula is C14H17F2NO. The molecule has 0 radical (unpaired) electrons. The Labute approximate surface area is 105 Å². The van der Waals surface area contributed by atoms with Crippen LogP contribution in [0.1, 0.15) is 36.8 Å². The number of alkyl halides is 2. The molecule has 18 heavy (non-hydrogen) atoms. The fourth-order valence-electron chi connectivity index (χ4n) is 2.70. The number of benzene rings is 1. The number of hydrogen-bond donors (Lipinski definition) is 1. The Kier molecular flexibility index (Phi) is 3.94. The maximum atomic E-state index is 12.2. The van der Waals surface area contributed by atoms with Gasteiger partial charge in [0, 0.05) is 12.0 Å². The van der Waals surface area contributed by atoms with Gasteiger partial charge < -0.3 is 5.32 Å². The molecule has 2 nitrogen and oxygen atoms in total. The number of aryl methyl sites for hydroxylation is 1. The zero-order valence-corrected chi connectivity index (χ0v) is 10.3. The average Bonchev–Trinajstić information content (AvgIpc) is 2.37. The van der Waals surface area contributed by atoms with Crippen LogP contribution in [0.4, 0.5) is 8.78 Å². The number of carbonyl (C=O) groups excluding carboxylic acids is 1. The third-order valence-corrected chi connectivity index (χ3v) is 3.59. The molecule has 0 aromatic heterocycles. The van der Waals surface area contributed by atoms with E-state index in [0.717, 1.165) is 19.3 Å². The molecule has 1 amide bonds. The monoisotopic (exact) mass is 253 g/mol. The molecule has 0 saturated carbocycles. The zero-order valence-electron chi connectivity index (χ0n) is 10.3. The second-order valence-electron chi connectivity index (χ2n) is 4.80. The van der Waals surface area contributed by atoms with E-state index in [-0.39, 0.29) is 12.0 Å². The van der Waals surface area contributed by atoms with Crippen LogP contribution in [0, 0.1) is 0 Å². The van der Waals surface area contributed by atoms with Crippen molar-refractivity contribution >= 4 is 5.91 Å². The predicted molar refractivity (Wildman–Crippen MR) is 65.7 cm³/mol. The van der Waals surface area contributed by atoms with Gasteiger partial charge in [-0.1, -0.05) is 24.3 Å². The first-order valence-electron chi connectivity index (χ1n) is 6.26. The van der Waals surface area contributed by atoms with Gasteiger partial charge >= 0.3 is 6.43 Å². The van der Waals surface area contributed by atoms with E-state index in [9.17, 15) is 13.6 Å². The van der Waals surface area contributed by atoms with Crippen molar-refractivity contribution in [2.45, 2.75) is 44.6 Å². The van der Waals surface area contributed by atoms with Gasteiger partial charge in [0.1, 0.15) is 0 Å². The van der Waals surface area contributed by atoms with Crippen molar-refractivity contribution < 1.29 is 13.6 Å². The van der Waals surface area contributed by atoms with Crippen LogP contribution in [0.15, 0.2) is 24.3 Å². The van der Waals surface area contributed by atoms with Crippen molar-refractivity contribution in [1.82, 2.24) is 5.32 Å². The third kappa shape index (κ3) is 2.68. The van der Waals surface area contributed by atoms with Crippen LogP contribution < -0.4 is 5.32 Å². The Hall–Kier alpha value is -1.45. The van der Waals surface area contributed by atoms with Gasteiger partial charge in [0.15, 0.2) is 0 Å². The van der Waals surface area contributed by atoms with Gasteiger partial charge in [-0.3, -0.25) is 4.79 Å². The Bertz CT molecular complexity index is 434. The molecule has 0 bridgehead atoms. The lowest BCUT2D eigenvalue weighted by Crippen LogP contribution is -2.41. The van der Waals surface area contributed by atoms with Gasteiger partial charge in [-0.2, -0.15) is 8.78 Å². The molecule has 1 aromatic carbocycles. The molecule has 1 aliphatic carbocycles. The minimum Gasteiger partial charge on any atom is -0.348 e. The van der Waals surface area contributed by atoms with Crippen molar-refractivity contribution in [3.05, 3.63) is 35.4 Å². The molecule has 0 fully saturated rings. The van der Waals surface area contributed by atoms with Gasteiger partial charge in [0.2, 0.25) is 0 Å². The highest BCUT2D eigenvalue weighted by molar-refractivity contribution is 5.79. The second-order valence-corrected chi connectivity index (χ2v) is 4.80. The van der Waals surface area contributed by atoms with Gasteiger partial charge in [-0.15, -0.1) is 0 Å². The van der Waals surface area contributed by atoms with E-state index < -0.39 is 12.3 Å². The number of carbonyl (C=O) groups is 1. The quantitative estimate of drug-likeness (QED) is 0.881. The van der Waals surface area contributed by atoms with Gasteiger partial charge in [-0.25, -0.2) is 0 Å². The minimum absolute atomic E-state index is 0.137. The highest BCUT2D eigenvalue weighted by Crippen LogP contribution is 2.33. The van der Waals surface area contributed by atoms with E-state index in [4.69, 9.17) is 0 Å². The lowest BCUT2D eigenvalue weighted by atomic mass is 9.79. The van der Waals surface area contributed by atoms with Crippen molar-refractivity contribution in [2.75, 3.05) is 0 Å². The molecule has 1 N–H and O–H groups in total. The van der Waals surface area contributed by atoms with Crippen LogP contribution in [-0.4, -0.2) is 18.4 Å². The highest BCUT2D eigenvalue weighted by atomic mass is 19.3. The molecule has 0 spiro atoms. The smallest absolute Gasteiger partial charge is 0.315 e. The van der Waals surface area contributed by atoms with E-state index in [1.54, 1.807) is 6.92 Å².